The molecule has 1 atom stereocenters. The van der Waals surface area contributed by atoms with Crippen LogP contribution in [0.5, 0.6) is 5.75 Å². The third kappa shape index (κ3) is 4.15. The van der Waals surface area contributed by atoms with Crippen molar-refractivity contribution in [2.45, 2.75) is 31.9 Å². The Balaban J connectivity index is 2.07. The van der Waals surface area contributed by atoms with Gasteiger partial charge in [-0.2, -0.15) is 0 Å². The Kier molecular flexibility index (Phi) is 5.53. The molecule has 1 aromatic heterocycles. The molecule has 0 radical (unpaired) electrons. The highest BCUT2D eigenvalue weighted by Gasteiger charge is 2.19. The van der Waals surface area contributed by atoms with Crippen molar-refractivity contribution >= 4 is 28.2 Å². The summed E-state index contributed by atoms with van der Waals surface area (Å²) in [6.45, 7) is 3.90. The zero-order chi connectivity index (χ0) is 19.6. The molecule has 3 rings (SSSR count). The van der Waals surface area contributed by atoms with Gasteiger partial charge in [0.15, 0.2) is 0 Å². The van der Waals surface area contributed by atoms with Crippen LogP contribution in [-0.2, 0) is 5.88 Å². The predicted octanol–water partition coefficient (Wildman–Crippen LogP) is 4.11. The van der Waals surface area contributed by atoms with E-state index in [4.69, 9.17) is 22.1 Å². The maximum atomic E-state index is 11.1. The number of fused-ring (bicyclic) bond motifs is 1. The molecule has 1 heterocycles. The zero-order valence-corrected chi connectivity index (χ0v) is 15.7. The molecule has 0 bridgehead atoms. The van der Waals surface area contributed by atoms with Gasteiger partial charge in [-0.1, -0.05) is 12.1 Å². The van der Waals surface area contributed by atoms with Gasteiger partial charge in [-0.15, -0.1) is 11.6 Å². The van der Waals surface area contributed by atoms with Gasteiger partial charge < -0.3 is 10.5 Å². The van der Waals surface area contributed by atoms with Gasteiger partial charge in [-0.05, 0) is 37.6 Å². The van der Waals surface area contributed by atoms with Crippen LogP contribution in [0.25, 0.3) is 10.9 Å². The maximum absolute atomic E-state index is 11.1. The van der Waals surface area contributed by atoms with E-state index in [9.17, 15) is 10.1 Å². The molecule has 0 fully saturated rings. The summed E-state index contributed by atoms with van der Waals surface area (Å²) in [6, 6.07) is 11.2. The van der Waals surface area contributed by atoms with Crippen molar-refractivity contribution < 1.29 is 9.66 Å². The first kappa shape index (κ1) is 19.0. The van der Waals surface area contributed by atoms with Crippen LogP contribution in [0.4, 0.5) is 5.69 Å². The minimum Gasteiger partial charge on any atom is -0.491 e. The second-order valence-electron chi connectivity index (χ2n) is 6.33. The van der Waals surface area contributed by atoms with Crippen molar-refractivity contribution in [3.05, 3.63) is 69.7 Å². The van der Waals surface area contributed by atoms with Crippen LogP contribution < -0.4 is 10.5 Å². The molecule has 0 saturated carbocycles. The number of hydrogen-bond acceptors (Lipinski definition) is 6. The van der Waals surface area contributed by atoms with Crippen LogP contribution in [0.2, 0.25) is 0 Å². The number of aromatic nitrogens is 2. The molecular weight excluding hydrogens is 368 g/mol. The first-order valence-corrected chi connectivity index (χ1v) is 8.95. The van der Waals surface area contributed by atoms with E-state index in [1.165, 1.54) is 12.1 Å². The van der Waals surface area contributed by atoms with E-state index in [0.29, 0.717) is 22.4 Å². The molecule has 27 heavy (non-hydrogen) atoms. The quantitative estimate of drug-likeness (QED) is 0.388. The minimum absolute atomic E-state index is 0.0427. The van der Waals surface area contributed by atoms with E-state index in [1.807, 2.05) is 38.1 Å². The van der Waals surface area contributed by atoms with Crippen molar-refractivity contribution in [2.24, 2.45) is 5.73 Å². The highest BCUT2D eigenvalue weighted by atomic mass is 35.5. The summed E-state index contributed by atoms with van der Waals surface area (Å²) < 4.78 is 5.64. The molecule has 7 nitrogen and oxygen atoms in total. The van der Waals surface area contributed by atoms with Crippen LogP contribution >= 0.6 is 11.6 Å². The predicted molar refractivity (Wildman–Crippen MR) is 104 cm³/mol. The summed E-state index contributed by atoms with van der Waals surface area (Å²) in [5.41, 5.74) is 8.26. The highest BCUT2D eigenvalue weighted by Crippen LogP contribution is 2.29. The SMILES string of the molecule is CC(C)Oc1ccc(C(N)c2nc(CCl)nc3ccc([N+](=O)[O-])cc23)cc1. The lowest BCUT2D eigenvalue weighted by Gasteiger charge is -2.16. The van der Waals surface area contributed by atoms with Gasteiger partial charge >= 0.3 is 0 Å². The standard InChI is InChI=1S/C19H19ClN4O3/c1-11(2)27-14-6-3-12(4-7-14)18(21)19-15-9-13(24(25)26)5-8-16(15)22-17(10-20)23-19/h3-9,11,18H,10,21H2,1-2H3. The van der Waals surface area contributed by atoms with Gasteiger partial charge in [-0.3, -0.25) is 10.1 Å². The number of nitro groups is 1. The summed E-state index contributed by atoms with van der Waals surface area (Å²) >= 11 is 5.91. The fourth-order valence-corrected chi connectivity index (χ4v) is 2.90. The molecule has 0 amide bonds. The van der Waals surface area contributed by atoms with Crippen LogP contribution in [0, 0.1) is 10.1 Å². The summed E-state index contributed by atoms with van der Waals surface area (Å²) in [6.07, 6.45) is 0.0714. The van der Waals surface area contributed by atoms with E-state index < -0.39 is 11.0 Å². The van der Waals surface area contributed by atoms with Crippen LogP contribution in [0.1, 0.15) is 37.0 Å². The average Bonchev–Trinajstić information content (AvgIpc) is 2.66. The highest BCUT2D eigenvalue weighted by molar-refractivity contribution is 6.16. The molecule has 0 aliphatic carbocycles. The summed E-state index contributed by atoms with van der Waals surface area (Å²) in [5.74, 6) is 1.28. The molecule has 140 valence electrons. The molecule has 3 aromatic rings. The number of nitro benzene ring substituents is 1. The maximum Gasteiger partial charge on any atom is 0.270 e. The van der Waals surface area contributed by atoms with Gasteiger partial charge in [0.1, 0.15) is 11.6 Å². The van der Waals surface area contributed by atoms with Crippen LogP contribution in [0.15, 0.2) is 42.5 Å². The molecule has 8 heteroatoms. The monoisotopic (exact) mass is 386 g/mol. The first-order valence-electron chi connectivity index (χ1n) is 8.42. The van der Waals surface area contributed by atoms with Crippen LogP contribution in [0.3, 0.4) is 0 Å². The number of hydrogen-bond donors (Lipinski definition) is 1. The Morgan fingerprint density at radius 2 is 1.89 bits per heavy atom. The van der Waals surface area contributed by atoms with E-state index in [2.05, 4.69) is 9.97 Å². The van der Waals surface area contributed by atoms with Crippen molar-refractivity contribution in [3.63, 3.8) is 0 Å². The Labute approximate surface area is 161 Å². The van der Waals surface area contributed by atoms with Crippen molar-refractivity contribution in [1.82, 2.24) is 9.97 Å². The molecule has 1 unspecified atom stereocenters. The Bertz CT molecular complexity index is 977. The average molecular weight is 387 g/mol. The van der Waals surface area contributed by atoms with Crippen LogP contribution in [-0.4, -0.2) is 21.0 Å². The molecule has 0 aliphatic heterocycles. The number of nitrogens with zero attached hydrogens (tertiary/aromatic N) is 3. The number of rotatable bonds is 6. The lowest BCUT2D eigenvalue weighted by molar-refractivity contribution is -0.384. The van der Waals surface area contributed by atoms with E-state index >= 15 is 0 Å². The number of ether oxygens (including phenoxy) is 1. The number of alkyl halides is 1. The second-order valence-corrected chi connectivity index (χ2v) is 6.60. The Hall–Kier alpha value is -2.77. The third-order valence-electron chi connectivity index (χ3n) is 3.99. The molecule has 0 saturated heterocycles. The molecule has 0 spiro atoms. The third-order valence-corrected chi connectivity index (χ3v) is 4.23. The molecular formula is C19H19ClN4O3. The summed E-state index contributed by atoms with van der Waals surface area (Å²) in [7, 11) is 0. The van der Waals surface area contributed by atoms with Crippen molar-refractivity contribution in [1.29, 1.82) is 0 Å². The summed E-state index contributed by atoms with van der Waals surface area (Å²) in [5, 5.41) is 11.7. The normalized spacial score (nSPS) is 12.3. The fraction of sp³-hybridized carbons (Fsp3) is 0.263. The van der Waals surface area contributed by atoms with Crippen molar-refractivity contribution in [3.8, 4) is 5.75 Å². The van der Waals surface area contributed by atoms with Gasteiger partial charge in [0, 0.05) is 17.5 Å². The number of halogens is 1. The summed E-state index contributed by atoms with van der Waals surface area (Å²) in [4.78, 5) is 19.5. The van der Waals surface area contributed by atoms with Crippen molar-refractivity contribution in [2.75, 3.05) is 0 Å². The molecule has 0 aliphatic rings. The first-order chi connectivity index (χ1) is 12.9. The number of benzene rings is 2. The van der Waals surface area contributed by atoms with Gasteiger partial charge in [0.2, 0.25) is 0 Å². The van der Waals surface area contributed by atoms with Gasteiger partial charge in [-0.25, -0.2) is 9.97 Å². The zero-order valence-electron chi connectivity index (χ0n) is 14.9. The topological polar surface area (TPSA) is 104 Å². The Morgan fingerprint density at radius 3 is 2.48 bits per heavy atom. The Morgan fingerprint density at radius 1 is 1.19 bits per heavy atom. The van der Waals surface area contributed by atoms with E-state index in [0.717, 1.165) is 11.3 Å². The van der Waals surface area contributed by atoms with E-state index in [-0.39, 0.29) is 17.7 Å². The smallest absolute Gasteiger partial charge is 0.270 e. The second kappa shape index (κ2) is 7.85. The lowest BCUT2D eigenvalue weighted by Crippen LogP contribution is -2.16. The fourth-order valence-electron chi connectivity index (χ4n) is 2.78. The number of non-ortho nitro benzene ring substituents is 1. The lowest BCUT2D eigenvalue weighted by atomic mass is 10.0. The van der Waals surface area contributed by atoms with E-state index in [1.54, 1.807) is 6.07 Å². The van der Waals surface area contributed by atoms with Gasteiger partial charge in [0.05, 0.1) is 34.2 Å². The number of nitrogens with two attached hydrogens (primary N) is 1. The largest absolute Gasteiger partial charge is 0.491 e. The van der Waals surface area contributed by atoms with Gasteiger partial charge in [0.25, 0.3) is 5.69 Å². The molecule has 2 N–H and O–H groups in total. The molecule has 2 aromatic carbocycles. The minimum atomic E-state index is -0.590.